The van der Waals surface area contributed by atoms with Crippen molar-refractivity contribution in [3.8, 4) is 0 Å². The molecule has 0 radical (unpaired) electrons. The highest BCUT2D eigenvalue weighted by Gasteiger charge is 2.12. The molecule has 0 fully saturated rings. The van der Waals surface area contributed by atoms with Crippen LogP contribution in [0.1, 0.15) is 16.2 Å². The molecule has 3 aromatic rings. The Bertz CT molecular complexity index is 862. The van der Waals surface area contributed by atoms with E-state index in [4.69, 9.17) is 10.8 Å². The number of pyridine rings is 1. The third-order valence-corrected chi connectivity index (χ3v) is 3.07. The monoisotopic (exact) mass is 343 g/mol. The molecule has 0 aliphatic rings. The molecule has 25 heavy (non-hydrogen) atoms. The average Bonchev–Trinajstić information content (AvgIpc) is 2.93. The maximum Gasteiger partial charge on any atom is 0.356 e. The lowest BCUT2D eigenvalue weighted by Gasteiger charge is -2.09. The molecule has 0 saturated carbocycles. The SMILES string of the molecule is Cc1ccc(Nc2cccc(F)c2)c(C(=O)O)n1.Cn1ccc(N)n1. The summed E-state index contributed by atoms with van der Waals surface area (Å²) in [6, 6.07) is 10.8. The second-order valence-electron chi connectivity index (χ2n) is 5.20. The standard InChI is InChI=1S/C13H11FN2O2.C4H7N3/c1-8-5-6-11(12(15-8)13(17)18)16-10-4-2-3-9(14)7-10;1-7-3-2-4(5)6-7/h2-7,16H,1H3,(H,17,18);2-3H,1H3,(H2,5,6). The number of halogens is 1. The number of hydrogen-bond acceptors (Lipinski definition) is 5. The molecular formula is C17H18FN5O2. The van der Waals surface area contributed by atoms with Crippen molar-refractivity contribution in [3.63, 3.8) is 0 Å². The number of carbonyl (C=O) groups is 1. The number of nitrogens with zero attached hydrogens (tertiary/aromatic N) is 3. The normalized spacial score (nSPS) is 9.88. The van der Waals surface area contributed by atoms with Gasteiger partial charge in [-0.3, -0.25) is 4.68 Å². The van der Waals surface area contributed by atoms with Crippen LogP contribution in [-0.4, -0.2) is 25.8 Å². The molecule has 3 rings (SSSR count). The lowest BCUT2D eigenvalue weighted by atomic mass is 10.2. The summed E-state index contributed by atoms with van der Waals surface area (Å²) in [5, 5.41) is 15.7. The summed E-state index contributed by atoms with van der Waals surface area (Å²) in [5.74, 6) is -0.947. The van der Waals surface area contributed by atoms with Gasteiger partial charge in [-0.05, 0) is 43.3 Å². The summed E-state index contributed by atoms with van der Waals surface area (Å²) in [5.41, 5.74) is 6.58. The van der Waals surface area contributed by atoms with Crippen molar-refractivity contribution >= 4 is 23.2 Å². The van der Waals surface area contributed by atoms with Crippen molar-refractivity contribution < 1.29 is 14.3 Å². The van der Waals surface area contributed by atoms with E-state index < -0.39 is 11.8 Å². The van der Waals surface area contributed by atoms with Crippen LogP contribution in [0, 0.1) is 12.7 Å². The Morgan fingerprint density at radius 2 is 2.04 bits per heavy atom. The molecule has 0 bridgehead atoms. The average molecular weight is 343 g/mol. The van der Waals surface area contributed by atoms with Crippen LogP contribution in [0.5, 0.6) is 0 Å². The number of nitrogen functional groups attached to an aromatic ring is 1. The maximum atomic E-state index is 13.0. The number of nitrogens with two attached hydrogens (primary N) is 1. The zero-order valence-corrected chi connectivity index (χ0v) is 13.8. The van der Waals surface area contributed by atoms with Gasteiger partial charge in [-0.1, -0.05) is 6.07 Å². The van der Waals surface area contributed by atoms with Crippen molar-refractivity contribution in [1.29, 1.82) is 0 Å². The van der Waals surface area contributed by atoms with E-state index in [1.807, 2.05) is 7.05 Å². The molecule has 0 spiro atoms. The van der Waals surface area contributed by atoms with Crippen LogP contribution in [0.2, 0.25) is 0 Å². The molecule has 0 saturated heterocycles. The first kappa shape index (κ1) is 17.9. The van der Waals surface area contributed by atoms with Gasteiger partial charge in [0.25, 0.3) is 0 Å². The fraction of sp³-hybridized carbons (Fsp3) is 0.118. The molecule has 2 aromatic heterocycles. The maximum absolute atomic E-state index is 13.0. The number of aryl methyl sites for hydroxylation is 2. The van der Waals surface area contributed by atoms with E-state index in [0.29, 0.717) is 22.9 Å². The predicted molar refractivity (Wildman–Crippen MR) is 93.2 cm³/mol. The quantitative estimate of drug-likeness (QED) is 0.675. The predicted octanol–water partition coefficient (Wildman–Crippen LogP) is 2.97. The van der Waals surface area contributed by atoms with E-state index in [2.05, 4.69) is 15.4 Å². The first-order valence-electron chi connectivity index (χ1n) is 7.34. The zero-order valence-electron chi connectivity index (χ0n) is 13.8. The zero-order chi connectivity index (χ0) is 18.4. The summed E-state index contributed by atoms with van der Waals surface area (Å²) >= 11 is 0. The summed E-state index contributed by atoms with van der Waals surface area (Å²) < 4.78 is 14.7. The molecule has 0 aliphatic heterocycles. The highest BCUT2D eigenvalue weighted by Crippen LogP contribution is 2.20. The van der Waals surface area contributed by atoms with Gasteiger partial charge >= 0.3 is 5.97 Å². The van der Waals surface area contributed by atoms with Gasteiger partial charge in [-0.2, -0.15) is 5.10 Å². The number of nitrogens with one attached hydrogen (secondary N) is 1. The third-order valence-electron chi connectivity index (χ3n) is 3.07. The molecule has 7 nitrogen and oxygen atoms in total. The van der Waals surface area contributed by atoms with Crippen LogP contribution in [0.4, 0.5) is 21.6 Å². The number of carboxylic acid groups (broad SMARTS) is 1. The molecular weight excluding hydrogens is 325 g/mol. The van der Waals surface area contributed by atoms with Gasteiger partial charge in [0.1, 0.15) is 11.6 Å². The molecule has 0 aliphatic carbocycles. The Morgan fingerprint density at radius 1 is 1.28 bits per heavy atom. The molecule has 1 aromatic carbocycles. The van der Waals surface area contributed by atoms with Crippen LogP contribution in [0.25, 0.3) is 0 Å². The second kappa shape index (κ2) is 7.91. The van der Waals surface area contributed by atoms with E-state index in [-0.39, 0.29) is 5.69 Å². The molecule has 2 heterocycles. The van der Waals surface area contributed by atoms with Crippen LogP contribution < -0.4 is 11.1 Å². The Morgan fingerprint density at radius 3 is 2.56 bits per heavy atom. The van der Waals surface area contributed by atoms with E-state index in [0.717, 1.165) is 0 Å². The van der Waals surface area contributed by atoms with Gasteiger partial charge in [-0.15, -0.1) is 0 Å². The van der Waals surface area contributed by atoms with Gasteiger partial charge in [0.2, 0.25) is 0 Å². The van der Waals surface area contributed by atoms with Crippen molar-refractivity contribution in [3.05, 3.63) is 65.9 Å². The van der Waals surface area contributed by atoms with E-state index >= 15 is 0 Å². The molecule has 0 atom stereocenters. The van der Waals surface area contributed by atoms with Crippen LogP contribution in [-0.2, 0) is 7.05 Å². The summed E-state index contributed by atoms with van der Waals surface area (Å²) in [7, 11) is 1.83. The minimum atomic E-state index is -1.13. The number of rotatable bonds is 3. The minimum absolute atomic E-state index is 0.0840. The molecule has 0 unspecified atom stereocenters. The first-order chi connectivity index (χ1) is 11.8. The van der Waals surface area contributed by atoms with E-state index in [9.17, 15) is 9.18 Å². The number of carboxylic acids is 1. The molecule has 130 valence electrons. The Kier molecular flexibility index (Phi) is 5.67. The van der Waals surface area contributed by atoms with Crippen molar-refractivity contribution in [2.24, 2.45) is 7.05 Å². The topological polar surface area (TPSA) is 106 Å². The summed E-state index contributed by atoms with van der Waals surface area (Å²) in [4.78, 5) is 15.0. The van der Waals surface area contributed by atoms with Crippen molar-refractivity contribution in [1.82, 2.24) is 14.8 Å². The Balaban J connectivity index is 0.000000269. The van der Waals surface area contributed by atoms with E-state index in [1.165, 1.54) is 12.1 Å². The largest absolute Gasteiger partial charge is 0.476 e. The fourth-order valence-electron chi connectivity index (χ4n) is 1.98. The second-order valence-corrected chi connectivity index (χ2v) is 5.20. The lowest BCUT2D eigenvalue weighted by molar-refractivity contribution is 0.0691. The number of benzene rings is 1. The third kappa shape index (κ3) is 5.31. The van der Waals surface area contributed by atoms with Gasteiger partial charge in [0.15, 0.2) is 5.69 Å². The smallest absolute Gasteiger partial charge is 0.356 e. The number of anilines is 3. The first-order valence-corrected chi connectivity index (χ1v) is 7.34. The molecule has 4 N–H and O–H groups in total. The van der Waals surface area contributed by atoms with Gasteiger partial charge in [0, 0.05) is 24.6 Å². The number of aromatic carboxylic acids is 1. The highest BCUT2D eigenvalue weighted by atomic mass is 19.1. The molecule has 0 amide bonds. The summed E-state index contributed by atoms with van der Waals surface area (Å²) in [6.45, 7) is 1.71. The van der Waals surface area contributed by atoms with Gasteiger partial charge in [-0.25, -0.2) is 14.2 Å². The van der Waals surface area contributed by atoms with Gasteiger partial charge in [0.05, 0.1) is 5.69 Å². The van der Waals surface area contributed by atoms with Crippen LogP contribution in [0.15, 0.2) is 48.7 Å². The number of aromatic nitrogens is 3. The summed E-state index contributed by atoms with van der Waals surface area (Å²) in [6.07, 6.45) is 1.80. The van der Waals surface area contributed by atoms with Crippen molar-refractivity contribution in [2.45, 2.75) is 6.92 Å². The number of hydrogen-bond donors (Lipinski definition) is 3. The van der Waals surface area contributed by atoms with Gasteiger partial charge < -0.3 is 16.2 Å². The van der Waals surface area contributed by atoms with E-state index in [1.54, 1.807) is 48.1 Å². The minimum Gasteiger partial charge on any atom is -0.476 e. The Hall–Kier alpha value is -3.42. The highest BCUT2D eigenvalue weighted by molar-refractivity contribution is 5.93. The fourth-order valence-corrected chi connectivity index (χ4v) is 1.98. The van der Waals surface area contributed by atoms with Crippen molar-refractivity contribution in [2.75, 3.05) is 11.1 Å². The Labute approximate surface area is 143 Å². The molecule has 8 heteroatoms. The lowest BCUT2D eigenvalue weighted by Crippen LogP contribution is -2.06. The van der Waals surface area contributed by atoms with Crippen LogP contribution in [0.3, 0.4) is 0 Å². The van der Waals surface area contributed by atoms with Crippen LogP contribution >= 0.6 is 0 Å².